The van der Waals surface area contributed by atoms with Crippen LogP contribution < -0.4 is 4.84 Å². The van der Waals surface area contributed by atoms with Crippen LogP contribution in [0.25, 0.3) is 0 Å². The summed E-state index contributed by atoms with van der Waals surface area (Å²) in [6.45, 7) is 3.08. The van der Waals surface area contributed by atoms with Gasteiger partial charge in [0.2, 0.25) is 0 Å². The molecule has 0 amide bonds. The van der Waals surface area contributed by atoms with E-state index in [2.05, 4.69) is 15.3 Å². The molecular formula is C9H21N3O5. The highest BCUT2D eigenvalue weighted by Gasteiger charge is 2.24. The normalized spacial score (nSPS) is 10.9. The highest BCUT2D eigenvalue weighted by molar-refractivity contribution is 5.68. The topological polar surface area (TPSA) is 124 Å². The Hall–Kier alpha value is -1.25. The molecule has 8 nitrogen and oxygen atoms in total. The van der Waals surface area contributed by atoms with Crippen LogP contribution in [-0.4, -0.2) is 56.5 Å². The largest absolute Gasteiger partial charge is 0.396 e. The van der Waals surface area contributed by atoms with E-state index in [0.717, 1.165) is 4.96 Å². The summed E-state index contributed by atoms with van der Waals surface area (Å²) in [4.78, 5) is 15.9. The number of aliphatic hydroxyl groups is 3. The zero-order valence-electron chi connectivity index (χ0n) is 10.1. The summed E-state index contributed by atoms with van der Waals surface area (Å²) in [6.07, 6.45) is 0.982. The Morgan fingerprint density at radius 1 is 1.18 bits per heavy atom. The first kappa shape index (κ1) is 15.8. The van der Waals surface area contributed by atoms with E-state index in [9.17, 15) is 4.79 Å². The predicted molar refractivity (Wildman–Crippen MR) is 59.0 cm³/mol. The quantitative estimate of drug-likeness (QED) is 0.409. The number of aliphatic hydroxyl groups excluding tert-OH is 3. The second-order valence-electron chi connectivity index (χ2n) is 3.66. The number of hydrogen-bond acceptors (Lipinski definition) is 5. The van der Waals surface area contributed by atoms with Gasteiger partial charge in [-0.3, -0.25) is 0 Å². The van der Waals surface area contributed by atoms with Crippen LogP contribution in [0.3, 0.4) is 0 Å². The second kappa shape index (κ2) is 7.93. The van der Waals surface area contributed by atoms with Crippen LogP contribution in [0.5, 0.6) is 0 Å². The number of H-pyrrole nitrogens is 2. The molecule has 1 aromatic rings. The van der Waals surface area contributed by atoms with Crippen LogP contribution in [0, 0.1) is 5.41 Å². The van der Waals surface area contributed by atoms with Gasteiger partial charge in [0.25, 0.3) is 0 Å². The van der Waals surface area contributed by atoms with Gasteiger partial charge in [-0.15, -0.1) is 0 Å². The number of carbonyl (C=O) groups excluding carboxylic acids is 1. The Morgan fingerprint density at radius 3 is 1.82 bits per heavy atom. The Morgan fingerprint density at radius 2 is 1.65 bits per heavy atom. The standard InChI is InChI=1S/C6H14O3.C3H7N3O2/c1-2-6(3-7,4-8)5-9;1-2-3(7)8-6-4-5-6/h7-9H,2-5H2,1H3;4-5H,2H2,1H3. The lowest BCUT2D eigenvalue weighted by molar-refractivity contribution is -0.144. The second-order valence-corrected chi connectivity index (χ2v) is 3.66. The minimum Gasteiger partial charge on any atom is -0.396 e. The van der Waals surface area contributed by atoms with E-state index in [1.54, 1.807) is 6.92 Å². The average Bonchev–Trinajstić information content (AvgIpc) is 3.17. The highest BCUT2D eigenvalue weighted by atomic mass is 16.7. The van der Waals surface area contributed by atoms with Crippen LogP contribution >= 0.6 is 0 Å². The van der Waals surface area contributed by atoms with Crippen molar-refractivity contribution in [1.29, 1.82) is 0 Å². The van der Waals surface area contributed by atoms with E-state index in [1.807, 2.05) is 6.92 Å². The minimum absolute atomic E-state index is 0.156. The number of rotatable bonds is 6. The van der Waals surface area contributed by atoms with Crippen LogP contribution in [0.1, 0.15) is 26.7 Å². The summed E-state index contributed by atoms with van der Waals surface area (Å²) in [6, 6.07) is 0. The summed E-state index contributed by atoms with van der Waals surface area (Å²) < 4.78 is 0. The van der Waals surface area contributed by atoms with Crippen molar-refractivity contribution in [2.24, 2.45) is 5.41 Å². The average molecular weight is 251 g/mol. The predicted octanol–water partition coefficient (Wildman–Crippen LogP) is -1.13. The molecule has 0 aliphatic carbocycles. The summed E-state index contributed by atoms with van der Waals surface area (Å²) in [7, 11) is 0. The molecule has 5 N–H and O–H groups in total. The lowest BCUT2D eigenvalue weighted by Crippen LogP contribution is -2.32. The third-order valence-electron chi connectivity index (χ3n) is 2.44. The van der Waals surface area contributed by atoms with Gasteiger partial charge in [-0.2, -0.15) is 10.4 Å². The number of nitrogens with zero attached hydrogens (tertiary/aromatic N) is 1. The van der Waals surface area contributed by atoms with Crippen molar-refractivity contribution >= 4 is 5.97 Å². The fourth-order valence-corrected chi connectivity index (χ4v) is 0.718. The van der Waals surface area contributed by atoms with Crippen molar-refractivity contribution in [2.45, 2.75) is 26.7 Å². The van der Waals surface area contributed by atoms with Gasteiger partial charge in [0.15, 0.2) is 0 Å². The molecule has 1 aromatic heterocycles. The van der Waals surface area contributed by atoms with E-state index >= 15 is 0 Å². The molecule has 0 saturated carbocycles. The molecule has 102 valence electrons. The van der Waals surface area contributed by atoms with Crippen LogP contribution in [-0.2, 0) is 4.79 Å². The van der Waals surface area contributed by atoms with Gasteiger partial charge in [0.1, 0.15) is 0 Å². The number of nitrogens with one attached hydrogen (secondary N) is 2. The number of hydrogen-bond donors (Lipinski definition) is 5. The van der Waals surface area contributed by atoms with Crippen LogP contribution in [0.4, 0.5) is 0 Å². The zero-order valence-corrected chi connectivity index (χ0v) is 10.1. The smallest absolute Gasteiger partial charge is 0.336 e. The molecule has 0 aliphatic heterocycles. The lowest BCUT2D eigenvalue weighted by Gasteiger charge is -2.24. The number of carbonyl (C=O) groups is 1. The maximum absolute atomic E-state index is 10.3. The molecule has 8 heteroatoms. The Bertz CT molecular complexity index is 261. The molecule has 0 spiro atoms. The third kappa shape index (κ3) is 6.15. The molecule has 0 unspecified atom stereocenters. The van der Waals surface area contributed by atoms with E-state index in [-0.39, 0.29) is 25.8 Å². The first-order chi connectivity index (χ1) is 8.07. The van der Waals surface area contributed by atoms with Crippen LogP contribution in [0.2, 0.25) is 0 Å². The van der Waals surface area contributed by atoms with Crippen molar-refractivity contribution in [2.75, 3.05) is 19.8 Å². The molecule has 0 bridgehead atoms. The van der Waals surface area contributed by atoms with Gasteiger partial charge >= 0.3 is 5.97 Å². The molecule has 0 saturated heterocycles. The fraction of sp³-hybridized carbons (Fsp3) is 0.889. The number of aromatic nitrogens is 3. The van der Waals surface area contributed by atoms with Crippen LogP contribution in [0.15, 0.2) is 0 Å². The van der Waals surface area contributed by atoms with E-state index in [1.165, 1.54) is 0 Å². The molecule has 0 aliphatic rings. The van der Waals surface area contributed by atoms with Gasteiger partial charge in [-0.05, 0) is 11.4 Å². The summed E-state index contributed by atoms with van der Waals surface area (Å²) in [5.41, 5.74) is -0.667. The molecule has 17 heavy (non-hydrogen) atoms. The van der Waals surface area contributed by atoms with E-state index in [0.29, 0.717) is 12.8 Å². The van der Waals surface area contributed by atoms with Crippen molar-refractivity contribution in [3.8, 4) is 0 Å². The fourth-order valence-electron chi connectivity index (χ4n) is 0.718. The number of aromatic amines is 2. The first-order valence-corrected chi connectivity index (χ1v) is 5.42. The molecule has 1 rings (SSSR count). The van der Waals surface area contributed by atoms with Crippen molar-refractivity contribution < 1.29 is 25.0 Å². The van der Waals surface area contributed by atoms with Gasteiger partial charge in [0.05, 0.1) is 19.8 Å². The Balaban J connectivity index is 0.000000302. The molecule has 0 radical (unpaired) electrons. The monoisotopic (exact) mass is 251 g/mol. The summed E-state index contributed by atoms with van der Waals surface area (Å²) in [5.74, 6) is -0.262. The molecule has 0 atom stereocenters. The van der Waals surface area contributed by atoms with Gasteiger partial charge in [-0.1, -0.05) is 13.8 Å². The highest BCUT2D eigenvalue weighted by Crippen LogP contribution is 2.18. The summed E-state index contributed by atoms with van der Waals surface area (Å²) in [5, 5.41) is 30.8. The van der Waals surface area contributed by atoms with E-state index in [4.69, 9.17) is 15.3 Å². The first-order valence-electron chi connectivity index (χ1n) is 5.42. The lowest BCUT2D eigenvalue weighted by atomic mass is 9.88. The van der Waals surface area contributed by atoms with Gasteiger partial charge < -0.3 is 20.2 Å². The maximum atomic E-state index is 10.3. The molecular weight excluding hydrogens is 230 g/mol. The summed E-state index contributed by atoms with van der Waals surface area (Å²) >= 11 is 0. The Labute approximate surface area is 99.1 Å². The van der Waals surface area contributed by atoms with Crippen molar-refractivity contribution in [1.82, 2.24) is 15.4 Å². The maximum Gasteiger partial charge on any atom is 0.336 e. The minimum atomic E-state index is -0.667. The molecule has 0 fully saturated rings. The zero-order chi connectivity index (χ0) is 13.3. The van der Waals surface area contributed by atoms with Gasteiger partial charge in [-0.25, -0.2) is 4.79 Å². The molecule has 0 aromatic carbocycles. The Kier molecular flexibility index (Phi) is 7.35. The van der Waals surface area contributed by atoms with Crippen molar-refractivity contribution in [3.05, 3.63) is 0 Å². The van der Waals surface area contributed by atoms with Crippen molar-refractivity contribution in [3.63, 3.8) is 0 Å². The van der Waals surface area contributed by atoms with E-state index < -0.39 is 5.41 Å². The molecule has 1 heterocycles. The van der Waals surface area contributed by atoms with Gasteiger partial charge in [0, 0.05) is 11.8 Å². The third-order valence-corrected chi connectivity index (χ3v) is 2.44. The SMILES string of the molecule is CCC(=O)On1[nH][nH]1.CCC(CO)(CO)CO.